The van der Waals surface area contributed by atoms with Gasteiger partial charge in [0.05, 0.1) is 13.7 Å². The summed E-state index contributed by atoms with van der Waals surface area (Å²) in [5, 5.41) is 0. The number of nitrogens with zero attached hydrogens (tertiary/aromatic N) is 2. The van der Waals surface area contributed by atoms with Crippen molar-refractivity contribution >= 4 is 5.97 Å². The van der Waals surface area contributed by atoms with Crippen LogP contribution in [-0.2, 0) is 9.53 Å². The molecule has 0 atom stereocenters. The van der Waals surface area contributed by atoms with E-state index in [0.717, 1.165) is 39.1 Å². The van der Waals surface area contributed by atoms with Crippen molar-refractivity contribution in [3.63, 3.8) is 0 Å². The summed E-state index contributed by atoms with van der Waals surface area (Å²) in [7, 11) is 1.43. The monoisotopic (exact) mass is 212 g/mol. The zero-order chi connectivity index (χ0) is 11.1. The van der Waals surface area contributed by atoms with E-state index in [1.807, 2.05) is 6.08 Å². The quantitative estimate of drug-likeness (QED) is 0.486. The van der Waals surface area contributed by atoms with Crippen LogP contribution in [0.25, 0.3) is 0 Å². The Hall–Kier alpha value is -0.870. The molecule has 1 saturated heterocycles. The van der Waals surface area contributed by atoms with Gasteiger partial charge in [-0.1, -0.05) is 6.08 Å². The van der Waals surface area contributed by atoms with Crippen LogP contribution in [0.3, 0.4) is 0 Å². The molecule has 86 valence electrons. The van der Waals surface area contributed by atoms with Gasteiger partial charge in [0.2, 0.25) is 0 Å². The Morgan fingerprint density at radius 3 is 2.47 bits per heavy atom. The van der Waals surface area contributed by atoms with Crippen LogP contribution in [0, 0.1) is 0 Å². The van der Waals surface area contributed by atoms with Crippen molar-refractivity contribution in [3.05, 3.63) is 12.7 Å². The molecule has 0 bridgehead atoms. The average Bonchev–Trinajstić information content (AvgIpc) is 2.28. The highest BCUT2D eigenvalue weighted by atomic mass is 16.5. The Morgan fingerprint density at radius 2 is 1.93 bits per heavy atom. The number of hydrogen-bond acceptors (Lipinski definition) is 4. The number of methoxy groups -OCH3 is 1. The molecule has 1 fully saturated rings. The fourth-order valence-corrected chi connectivity index (χ4v) is 1.69. The topological polar surface area (TPSA) is 32.8 Å². The molecule has 4 heteroatoms. The zero-order valence-corrected chi connectivity index (χ0v) is 9.45. The van der Waals surface area contributed by atoms with Crippen LogP contribution in [0.1, 0.15) is 6.42 Å². The molecular formula is C11H20N2O2. The molecule has 1 aliphatic rings. The van der Waals surface area contributed by atoms with Gasteiger partial charge in [-0.2, -0.15) is 0 Å². The molecule has 0 aliphatic carbocycles. The fraction of sp³-hybridized carbons (Fsp3) is 0.727. The second-order valence-electron chi connectivity index (χ2n) is 3.77. The summed E-state index contributed by atoms with van der Waals surface area (Å²) in [5.74, 6) is -0.144. The highest BCUT2D eigenvalue weighted by molar-refractivity contribution is 5.71. The number of carbonyl (C=O) groups excluding carboxylic acids is 1. The summed E-state index contributed by atoms with van der Waals surface area (Å²) in [6, 6.07) is 0. The van der Waals surface area contributed by atoms with E-state index in [4.69, 9.17) is 0 Å². The number of piperazine rings is 1. The van der Waals surface area contributed by atoms with Crippen molar-refractivity contribution in [1.82, 2.24) is 9.80 Å². The average molecular weight is 212 g/mol. The van der Waals surface area contributed by atoms with E-state index in [2.05, 4.69) is 21.1 Å². The SMILES string of the molecule is C=CCCN1CCN(CC(=O)OC)CC1. The van der Waals surface area contributed by atoms with E-state index in [0.29, 0.717) is 6.54 Å². The van der Waals surface area contributed by atoms with Gasteiger partial charge >= 0.3 is 5.97 Å². The first-order chi connectivity index (χ1) is 7.26. The number of hydrogen-bond donors (Lipinski definition) is 0. The van der Waals surface area contributed by atoms with E-state index >= 15 is 0 Å². The molecule has 0 aromatic rings. The molecular weight excluding hydrogens is 192 g/mol. The lowest BCUT2D eigenvalue weighted by Gasteiger charge is -2.33. The van der Waals surface area contributed by atoms with Crippen LogP contribution in [0.4, 0.5) is 0 Å². The van der Waals surface area contributed by atoms with Crippen LogP contribution in [0.5, 0.6) is 0 Å². The molecule has 0 N–H and O–H groups in total. The maximum atomic E-state index is 11.0. The second kappa shape index (κ2) is 6.58. The molecule has 1 rings (SSSR count). The summed E-state index contributed by atoms with van der Waals surface area (Å²) in [6.45, 7) is 9.18. The van der Waals surface area contributed by atoms with Crippen LogP contribution in [-0.4, -0.2) is 62.1 Å². The van der Waals surface area contributed by atoms with E-state index in [9.17, 15) is 4.79 Å². The number of rotatable bonds is 5. The van der Waals surface area contributed by atoms with Gasteiger partial charge in [-0.05, 0) is 6.42 Å². The Balaban J connectivity index is 2.17. The molecule has 0 aromatic carbocycles. The van der Waals surface area contributed by atoms with Gasteiger partial charge in [-0.3, -0.25) is 9.69 Å². The highest BCUT2D eigenvalue weighted by Gasteiger charge is 2.18. The summed E-state index contributed by atoms with van der Waals surface area (Å²) >= 11 is 0. The van der Waals surface area contributed by atoms with E-state index in [1.165, 1.54) is 7.11 Å². The summed E-state index contributed by atoms with van der Waals surface area (Å²) in [4.78, 5) is 15.6. The van der Waals surface area contributed by atoms with E-state index in [-0.39, 0.29) is 5.97 Å². The largest absolute Gasteiger partial charge is 0.468 e. The van der Waals surface area contributed by atoms with Crippen molar-refractivity contribution in [2.75, 3.05) is 46.4 Å². The van der Waals surface area contributed by atoms with Gasteiger partial charge in [0, 0.05) is 32.7 Å². The van der Waals surface area contributed by atoms with Crippen LogP contribution >= 0.6 is 0 Å². The maximum absolute atomic E-state index is 11.0. The van der Waals surface area contributed by atoms with Crippen LogP contribution in [0.15, 0.2) is 12.7 Å². The van der Waals surface area contributed by atoms with E-state index in [1.54, 1.807) is 0 Å². The first kappa shape index (κ1) is 12.2. The van der Waals surface area contributed by atoms with Gasteiger partial charge in [0.25, 0.3) is 0 Å². The number of ether oxygens (including phenoxy) is 1. The molecule has 0 amide bonds. The molecule has 0 spiro atoms. The van der Waals surface area contributed by atoms with Gasteiger partial charge in [-0.15, -0.1) is 6.58 Å². The van der Waals surface area contributed by atoms with Gasteiger partial charge < -0.3 is 9.64 Å². The standard InChI is InChI=1S/C11H20N2O2/c1-3-4-5-12-6-8-13(9-7-12)10-11(14)15-2/h3H,1,4-10H2,2H3. The Bertz CT molecular complexity index is 211. The Labute approximate surface area is 91.5 Å². The molecule has 15 heavy (non-hydrogen) atoms. The third-order valence-corrected chi connectivity index (χ3v) is 2.69. The zero-order valence-electron chi connectivity index (χ0n) is 9.45. The first-order valence-electron chi connectivity index (χ1n) is 5.38. The molecule has 0 unspecified atom stereocenters. The van der Waals surface area contributed by atoms with Crippen molar-refractivity contribution in [2.45, 2.75) is 6.42 Å². The van der Waals surface area contributed by atoms with Crippen molar-refractivity contribution < 1.29 is 9.53 Å². The highest BCUT2D eigenvalue weighted by Crippen LogP contribution is 2.02. The fourth-order valence-electron chi connectivity index (χ4n) is 1.69. The van der Waals surface area contributed by atoms with E-state index < -0.39 is 0 Å². The predicted octanol–water partition coefficient (Wildman–Crippen LogP) is 0.353. The van der Waals surface area contributed by atoms with Gasteiger partial charge in [-0.25, -0.2) is 0 Å². The summed E-state index contributed by atoms with van der Waals surface area (Å²) < 4.78 is 4.64. The Kier molecular flexibility index (Phi) is 5.36. The second-order valence-corrected chi connectivity index (χ2v) is 3.77. The first-order valence-corrected chi connectivity index (χ1v) is 5.38. The molecule has 1 aliphatic heterocycles. The van der Waals surface area contributed by atoms with Crippen molar-refractivity contribution in [1.29, 1.82) is 0 Å². The smallest absolute Gasteiger partial charge is 0.319 e. The molecule has 0 radical (unpaired) electrons. The molecule has 1 heterocycles. The van der Waals surface area contributed by atoms with Crippen molar-refractivity contribution in [3.8, 4) is 0 Å². The van der Waals surface area contributed by atoms with Crippen molar-refractivity contribution in [2.24, 2.45) is 0 Å². The number of esters is 1. The molecule has 4 nitrogen and oxygen atoms in total. The molecule has 0 aromatic heterocycles. The summed E-state index contributed by atoms with van der Waals surface area (Å²) in [6.07, 6.45) is 2.98. The minimum absolute atomic E-state index is 0.144. The predicted molar refractivity (Wildman–Crippen MR) is 59.7 cm³/mol. The minimum Gasteiger partial charge on any atom is -0.468 e. The minimum atomic E-state index is -0.144. The third kappa shape index (κ3) is 4.44. The number of carbonyl (C=O) groups is 1. The van der Waals surface area contributed by atoms with Gasteiger partial charge in [0.15, 0.2) is 0 Å². The normalized spacial score (nSPS) is 18.7. The lowest BCUT2D eigenvalue weighted by molar-refractivity contribution is -0.142. The molecule has 0 saturated carbocycles. The third-order valence-electron chi connectivity index (χ3n) is 2.69. The van der Waals surface area contributed by atoms with Gasteiger partial charge in [0.1, 0.15) is 0 Å². The van der Waals surface area contributed by atoms with Crippen LogP contribution in [0.2, 0.25) is 0 Å². The van der Waals surface area contributed by atoms with Crippen LogP contribution < -0.4 is 0 Å². The lowest BCUT2D eigenvalue weighted by Crippen LogP contribution is -2.48. The maximum Gasteiger partial charge on any atom is 0.319 e. The lowest BCUT2D eigenvalue weighted by atomic mass is 10.3. The summed E-state index contributed by atoms with van der Waals surface area (Å²) in [5.41, 5.74) is 0. The Morgan fingerprint density at radius 1 is 1.33 bits per heavy atom.